The van der Waals surface area contributed by atoms with Crippen LogP contribution >= 0.6 is 0 Å². The third-order valence-electron chi connectivity index (χ3n) is 5.64. The van der Waals surface area contributed by atoms with Gasteiger partial charge in [0, 0.05) is 23.5 Å². The van der Waals surface area contributed by atoms with Crippen molar-refractivity contribution in [1.29, 1.82) is 0 Å². The third-order valence-corrected chi connectivity index (χ3v) is 5.64. The highest BCUT2D eigenvalue weighted by Crippen LogP contribution is 2.19. The van der Waals surface area contributed by atoms with Gasteiger partial charge in [-0.3, -0.25) is 24.0 Å². The first-order valence-corrected chi connectivity index (χ1v) is 11.9. The highest BCUT2D eigenvalue weighted by Gasteiger charge is 2.33. The number of hydrogen-bond donors (Lipinski definition) is 9. The van der Waals surface area contributed by atoms with Gasteiger partial charge in [-0.1, -0.05) is 18.2 Å². The Morgan fingerprint density at radius 2 is 1.59 bits per heavy atom. The number of aromatic nitrogens is 1. The summed E-state index contributed by atoms with van der Waals surface area (Å²) in [5.41, 5.74) is 6.86. The van der Waals surface area contributed by atoms with Crippen molar-refractivity contribution in [1.82, 2.24) is 26.3 Å². The Morgan fingerprint density at radius 3 is 2.18 bits per heavy atom. The number of aliphatic hydroxyl groups is 1. The molecule has 15 heteroatoms. The summed E-state index contributed by atoms with van der Waals surface area (Å²) in [6.07, 6.45) is -0.887. The molecule has 1 aromatic carbocycles. The molecule has 212 valence electrons. The maximum Gasteiger partial charge on any atom is 0.326 e. The van der Waals surface area contributed by atoms with E-state index in [2.05, 4.69) is 20.9 Å². The summed E-state index contributed by atoms with van der Waals surface area (Å²) in [7, 11) is 0. The first-order chi connectivity index (χ1) is 18.3. The zero-order valence-electron chi connectivity index (χ0n) is 21.3. The Balaban J connectivity index is 2.25. The summed E-state index contributed by atoms with van der Waals surface area (Å²) in [6, 6.07) is 1.51. The zero-order chi connectivity index (χ0) is 29.3. The Kier molecular flexibility index (Phi) is 10.9. The van der Waals surface area contributed by atoms with Crippen LogP contribution in [0.2, 0.25) is 0 Å². The van der Waals surface area contributed by atoms with Crippen LogP contribution in [0.25, 0.3) is 10.9 Å². The molecular formula is C24H32N6O9. The molecule has 0 aliphatic carbocycles. The van der Waals surface area contributed by atoms with Crippen molar-refractivity contribution in [2.24, 2.45) is 5.73 Å². The Morgan fingerprint density at radius 1 is 0.923 bits per heavy atom. The number of carbonyl (C=O) groups is 6. The highest BCUT2D eigenvalue weighted by molar-refractivity contribution is 5.95. The van der Waals surface area contributed by atoms with Gasteiger partial charge in [0.2, 0.25) is 23.6 Å². The van der Waals surface area contributed by atoms with E-state index in [-0.39, 0.29) is 6.42 Å². The van der Waals surface area contributed by atoms with Crippen LogP contribution in [0.3, 0.4) is 0 Å². The fourth-order valence-electron chi connectivity index (χ4n) is 3.60. The van der Waals surface area contributed by atoms with E-state index in [1.807, 2.05) is 5.32 Å². The van der Waals surface area contributed by atoms with Crippen LogP contribution in [0, 0.1) is 0 Å². The Hall–Kier alpha value is -4.50. The number of rotatable bonds is 14. The highest BCUT2D eigenvalue weighted by atomic mass is 16.4. The molecular weight excluding hydrogens is 516 g/mol. The second-order valence-electron chi connectivity index (χ2n) is 8.91. The lowest BCUT2D eigenvalue weighted by molar-refractivity contribution is -0.148. The minimum absolute atomic E-state index is 0.0618. The molecule has 0 saturated carbocycles. The van der Waals surface area contributed by atoms with E-state index in [0.717, 1.165) is 17.8 Å². The third kappa shape index (κ3) is 9.08. The number of aliphatic carboxylic acids is 2. The van der Waals surface area contributed by atoms with E-state index < -0.39 is 78.8 Å². The van der Waals surface area contributed by atoms with Crippen molar-refractivity contribution in [2.45, 2.75) is 57.0 Å². The van der Waals surface area contributed by atoms with E-state index >= 15 is 0 Å². The number of benzene rings is 1. The molecule has 0 bridgehead atoms. The summed E-state index contributed by atoms with van der Waals surface area (Å²) in [6.45, 7) is 2.09. The molecule has 1 heterocycles. The fraction of sp³-hybridized carbons (Fsp3) is 0.417. The molecule has 0 radical (unpaired) electrons. The Bertz CT molecular complexity index is 1230. The number of carboxylic acid groups (broad SMARTS) is 2. The number of H-pyrrole nitrogens is 1. The van der Waals surface area contributed by atoms with Crippen molar-refractivity contribution in [3.8, 4) is 0 Å². The molecule has 0 unspecified atom stereocenters. The monoisotopic (exact) mass is 548 g/mol. The number of fused-ring (bicyclic) bond motifs is 1. The quantitative estimate of drug-likeness (QED) is 0.121. The van der Waals surface area contributed by atoms with Gasteiger partial charge in [0.25, 0.3) is 0 Å². The molecule has 10 N–H and O–H groups in total. The maximum absolute atomic E-state index is 13.3. The average Bonchev–Trinajstić information content (AvgIpc) is 3.26. The SMILES string of the molecule is C[C@H](N)C(=O)NCC(=O)N[C@@H](Cc1c[nH]c2ccccc12)C(=O)N[C@H](C(=O)N[C@@H](CC(=O)O)C(=O)O)[C@@H](C)O. The number of carboxylic acids is 2. The minimum atomic E-state index is -1.82. The number of hydrogen-bond acceptors (Lipinski definition) is 8. The topological polar surface area (TPSA) is 253 Å². The molecule has 2 aromatic rings. The van der Waals surface area contributed by atoms with Gasteiger partial charge in [-0.15, -0.1) is 0 Å². The molecule has 39 heavy (non-hydrogen) atoms. The molecule has 0 aliphatic rings. The fourth-order valence-corrected chi connectivity index (χ4v) is 3.60. The summed E-state index contributed by atoms with van der Waals surface area (Å²) in [5.74, 6) is -6.50. The van der Waals surface area contributed by atoms with Crippen LogP contribution in [0.1, 0.15) is 25.8 Å². The van der Waals surface area contributed by atoms with Crippen molar-refractivity contribution >= 4 is 46.5 Å². The number of nitrogens with two attached hydrogens (primary N) is 1. The van der Waals surface area contributed by atoms with Gasteiger partial charge in [0.15, 0.2) is 0 Å². The Labute approximate surface area is 222 Å². The van der Waals surface area contributed by atoms with Gasteiger partial charge >= 0.3 is 11.9 Å². The molecule has 2 rings (SSSR count). The van der Waals surface area contributed by atoms with E-state index in [4.69, 9.17) is 10.8 Å². The lowest BCUT2D eigenvalue weighted by Crippen LogP contribution is -2.60. The predicted molar refractivity (Wildman–Crippen MR) is 136 cm³/mol. The number of nitrogens with one attached hydrogen (secondary N) is 5. The van der Waals surface area contributed by atoms with Gasteiger partial charge in [0.05, 0.1) is 25.1 Å². The maximum atomic E-state index is 13.3. The van der Waals surface area contributed by atoms with Gasteiger partial charge < -0.3 is 47.3 Å². The lowest BCUT2D eigenvalue weighted by Gasteiger charge is -2.26. The van der Waals surface area contributed by atoms with Crippen molar-refractivity contribution in [3.63, 3.8) is 0 Å². The van der Waals surface area contributed by atoms with Gasteiger partial charge in [-0.05, 0) is 25.5 Å². The molecule has 0 aliphatic heterocycles. The number of amides is 4. The van der Waals surface area contributed by atoms with Crippen molar-refractivity contribution in [3.05, 3.63) is 36.0 Å². The molecule has 15 nitrogen and oxygen atoms in total. The van der Waals surface area contributed by atoms with E-state index in [1.54, 1.807) is 30.5 Å². The normalized spacial score (nSPS) is 14.8. The predicted octanol–water partition coefficient (Wildman–Crippen LogP) is -2.43. The second-order valence-corrected chi connectivity index (χ2v) is 8.91. The minimum Gasteiger partial charge on any atom is -0.481 e. The van der Waals surface area contributed by atoms with Crippen molar-refractivity contribution < 1.29 is 44.1 Å². The number of aliphatic hydroxyl groups excluding tert-OH is 1. The molecule has 0 fully saturated rings. The summed E-state index contributed by atoms with van der Waals surface area (Å²) in [5, 5.41) is 38.1. The molecule has 5 atom stereocenters. The standard InChI is InChI=1S/C24H32N6O9/c1-11(25)21(35)27-10-18(32)28-16(7-13-9-26-15-6-4-3-5-14(13)15)22(36)30-20(12(2)31)23(37)29-17(24(38)39)8-19(33)34/h3-6,9,11-12,16-17,20,26,31H,7-8,10,25H2,1-2H3,(H,27,35)(H,28,32)(H,29,37)(H,30,36)(H,33,34)(H,38,39)/t11-,12+,16-,17-,20-/m0/s1. The second kappa shape index (κ2) is 13.9. The molecule has 1 aromatic heterocycles. The van der Waals surface area contributed by atoms with Crippen LogP contribution in [0.4, 0.5) is 0 Å². The first kappa shape index (κ1) is 30.7. The van der Waals surface area contributed by atoms with Crippen molar-refractivity contribution in [2.75, 3.05) is 6.54 Å². The smallest absolute Gasteiger partial charge is 0.326 e. The lowest BCUT2D eigenvalue weighted by atomic mass is 10.0. The summed E-state index contributed by atoms with van der Waals surface area (Å²) >= 11 is 0. The van der Waals surface area contributed by atoms with Crippen LogP contribution in [-0.2, 0) is 35.2 Å². The first-order valence-electron chi connectivity index (χ1n) is 11.9. The largest absolute Gasteiger partial charge is 0.481 e. The number of aromatic amines is 1. The van der Waals surface area contributed by atoms with Crippen LogP contribution in [0.15, 0.2) is 30.5 Å². The molecule has 4 amide bonds. The average molecular weight is 549 g/mol. The number of para-hydroxylation sites is 1. The van der Waals surface area contributed by atoms with Crippen LogP contribution in [-0.4, -0.2) is 92.7 Å². The van der Waals surface area contributed by atoms with Crippen LogP contribution < -0.4 is 27.0 Å². The van der Waals surface area contributed by atoms with Gasteiger partial charge in [-0.25, -0.2) is 4.79 Å². The zero-order valence-corrected chi connectivity index (χ0v) is 21.3. The summed E-state index contributed by atoms with van der Waals surface area (Å²) < 4.78 is 0. The van der Waals surface area contributed by atoms with Gasteiger partial charge in [0.1, 0.15) is 18.1 Å². The summed E-state index contributed by atoms with van der Waals surface area (Å²) in [4.78, 5) is 75.5. The van der Waals surface area contributed by atoms with Gasteiger partial charge in [-0.2, -0.15) is 0 Å². The van der Waals surface area contributed by atoms with E-state index in [1.165, 1.54) is 6.92 Å². The number of carbonyl (C=O) groups excluding carboxylic acids is 4. The van der Waals surface area contributed by atoms with E-state index in [0.29, 0.717) is 5.56 Å². The van der Waals surface area contributed by atoms with Crippen LogP contribution in [0.5, 0.6) is 0 Å². The van der Waals surface area contributed by atoms with E-state index in [9.17, 15) is 39.0 Å². The molecule has 0 saturated heterocycles. The molecule has 0 spiro atoms.